The van der Waals surface area contributed by atoms with E-state index < -0.39 is 6.03 Å². The summed E-state index contributed by atoms with van der Waals surface area (Å²) in [5.74, 6) is 1.08. The van der Waals surface area contributed by atoms with Crippen LogP contribution in [0.15, 0.2) is 78.6 Å². The Labute approximate surface area is 175 Å². The molecule has 0 saturated carbocycles. The number of para-hydroxylation sites is 2. The van der Waals surface area contributed by atoms with Crippen LogP contribution in [-0.4, -0.2) is 19.4 Å². The van der Waals surface area contributed by atoms with Gasteiger partial charge in [-0.15, -0.1) is 0 Å². The first-order valence-corrected chi connectivity index (χ1v) is 9.93. The fraction of sp³-hybridized carbons (Fsp3) is 0.100. The third kappa shape index (κ3) is 5.40. The summed E-state index contributed by atoms with van der Waals surface area (Å²) in [6.07, 6.45) is 1.44. The van der Waals surface area contributed by atoms with E-state index in [1.54, 1.807) is 24.3 Å². The second-order valence-corrected chi connectivity index (χ2v) is 7.62. The normalized spacial score (nSPS) is 10.8. The highest BCUT2D eigenvalue weighted by atomic mass is 79.9. The number of anilines is 1. The highest BCUT2D eigenvalue weighted by Gasteiger charge is 2.10. The summed E-state index contributed by atoms with van der Waals surface area (Å²) in [4.78, 5) is 13.0. The summed E-state index contributed by atoms with van der Waals surface area (Å²) in [7, 11) is 1.54. The van der Waals surface area contributed by atoms with Crippen LogP contribution in [0.4, 0.5) is 10.5 Å². The van der Waals surface area contributed by atoms with E-state index in [2.05, 4.69) is 31.8 Å². The topological polar surface area (TPSA) is 75.9 Å². The third-order valence-corrected chi connectivity index (χ3v) is 5.47. The maximum Gasteiger partial charge on any atom is 0.339 e. The molecule has 0 radical (unpaired) electrons. The van der Waals surface area contributed by atoms with Gasteiger partial charge in [-0.1, -0.05) is 41.6 Å². The van der Waals surface area contributed by atoms with Crippen molar-refractivity contribution in [3.8, 4) is 5.75 Å². The van der Waals surface area contributed by atoms with Gasteiger partial charge in [-0.2, -0.15) is 5.10 Å². The second-order valence-electron chi connectivity index (χ2n) is 5.72. The number of amides is 2. The Balaban J connectivity index is 1.58. The van der Waals surface area contributed by atoms with Gasteiger partial charge >= 0.3 is 6.03 Å². The number of hydrogen-bond donors (Lipinski definition) is 2. The highest BCUT2D eigenvalue weighted by molar-refractivity contribution is 9.10. The molecule has 0 fully saturated rings. The standard InChI is InChI=1S/C20H18BrN3O3S/c1-13-7-9-15(10-8-13)28-19-16(21)11-14(27-19)12-22-24-20(25)23-17-5-3-4-6-18(17)26-2/h3-12H,1-2H3,(H2,23,24,25)/b22-12+. The zero-order chi connectivity index (χ0) is 19.9. The molecule has 2 amide bonds. The Morgan fingerprint density at radius 2 is 1.96 bits per heavy atom. The Morgan fingerprint density at radius 3 is 2.71 bits per heavy atom. The number of hydrogen-bond acceptors (Lipinski definition) is 5. The van der Waals surface area contributed by atoms with Gasteiger partial charge in [0.25, 0.3) is 0 Å². The van der Waals surface area contributed by atoms with Crippen LogP contribution in [0.1, 0.15) is 11.3 Å². The number of carbonyl (C=O) groups excluding carboxylic acids is 1. The van der Waals surface area contributed by atoms with E-state index in [1.165, 1.54) is 30.6 Å². The number of nitrogens with zero attached hydrogens (tertiary/aromatic N) is 1. The highest BCUT2D eigenvalue weighted by Crippen LogP contribution is 2.35. The van der Waals surface area contributed by atoms with Gasteiger partial charge in [0.2, 0.25) is 0 Å². The van der Waals surface area contributed by atoms with Crippen molar-refractivity contribution in [1.82, 2.24) is 5.43 Å². The van der Waals surface area contributed by atoms with Crippen LogP contribution in [0.5, 0.6) is 5.75 Å². The minimum atomic E-state index is -0.486. The molecule has 3 rings (SSSR count). The van der Waals surface area contributed by atoms with Crippen LogP contribution < -0.4 is 15.5 Å². The van der Waals surface area contributed by atoms with Gasteiger partial charge in [-0.3, -0.25) is 0 Å². The molecule has 0 bridgehead atoms. The van der Waals surface area contributed by atoms with Gasteiger partial charge in [-0.05, 0) is 47.1 Å². The quantitative estimate of drug-likeness (QED) is 0.367. The van der Waals surface area contributed by atoms with Crippen molar-refractivity contribution in [3.63, 3.8) is 0 Å². The van der Waals surface area contributed by atoms with E-state index in [0.717, 1.165) is 9.37 Å². The number of benzene rings is 2. The van der Waals surface area contributed by atoms with Gasteiger partial charge in [0.1, 0.15) is 11.5 Å². The van der Waals surface area contributed by atoms with E-state index in [4.69, 9.17) is 9.15 Å². The summed E-state index contributed by atoms with van der Waals surface area (Å²) in [5, 5.41) is 7.30. The number of furan rings is 1. The van der Waals surface area contributed by atoms with Crippen LogP contribution in [-0.2, 0) is 0 Å². The summed E-state index contributed by atoms with van der Waals surface area (Å²) >= 11 is 4.98. The van der Waals surface area contributed by atoms with E-state index in [0.29, 0.717) is 22.3 Å². The number of hydrazone groups is 1. The third-order valence-electron chi connectivity index (χ3n) is 3.62. The number of rotatable bonds is 6. The van der Waals surface area contributed by atoms with Crippen molar-refractivity contribution in [1.29, 1.82) is 0 Å². The molecule has 2 N–H and O–H groups in total. The molecule has 0 unspecified atom stereocenters. The molecule has 0 aliphatic carbocycles. The fourth-order valence-electron chi connectivity index (χ4n) is 2.27. The number of halogens is 1. The van der Waals surface area contributed by atoms with Gasteiger partial charge < -0.3 is 14.5 Å². The summed E-state index contributed by atoms with van der Waals surface area (Å²) < 4.78 is 11.8. The molecule has 144 valence electrons. The fourth-order valence-corrected chi connectivity index (χ4v) is 3.60. The molecule has 3 aromatic rings. The molecular formula is C20H18BrN3O3S. The SMILES string of the molecule is COc1ccccc1NC(=O)N/N=C/c1cc(Br)c(Sc2ccc(C)cc2)o1. The maximum atomic E-state index is 12.0. The Hall–Kier alpha value is -2.71. The van der Waals surface area contributed by atoms with E-state index in [9.17, 15) is 4.79 Å². The van der Waals surface area contributed by atoms with Crippen LogP contribution in [0.3, 0.4) is 0 Å². The zero-order valence-electron chi connectivity index (χ0n) is 15.2. The predicted molar refractivity (Wildman–Crippen MR) is 114 cm³/mol. The molecule has 0 atom stereocenters. The number of urea groups is 1. The Kier molecular flexibility index (Phi) is 6.78. The minimum absolute atomic E-state index is 0.486. The van der Waals surface area contributed by atoms with Crippen LogP contribution >= 0.6 is 27.7 Å². The van der Waals surface area contributed by atoms with Crippen molar-refractivity contribution in [2.45, 2.75) is 16.9 Å². The van der Waals surface area contributed by atoms with Crippen molar-refractivity contribution in [2.75, 3.05) is 12.4 Å². The first-order valence-electron chi connectivity index (χ1n) is 8.32. The van der Waals surface area contributed by atoms with E-state index in [1.807, 2.05) is 37.3 Å². The maximum absolute atomic E-state index is 12.0. The molecule has 2 aromatic carbocycles. The number of methoxy groups -OCH3 is 1. The molecule has 8 heteroatoms. The molecule has 1 aromatic heterocycles. The molecular weight excluding hydrogens is 442 g/mol. The molecule has 0 saturated heterocycles. The van der Waals surface area contributed by atoms with Gasteiger partial charge in [0, 0.05) is 11.0 Å². The molecule has 0 aliphatic heterocycles. The van der Waals surface area contributed by atoms with Crippen molar-refractivity contribution in [3.05, 3.63) is 70.4 Å². The van der Waals surface area contributed by atoms with Gasteiger partial charge in [0.05, 0.1) is 23.5 Å². The monoisotopic (exact) mass is 459 g/mol. The van der Waals surface area contributed by atoms with Crippen LogP contribution in [0.25, 0.3) is 0 Å². The Morgan fingerprint density at radius 1 is 1.21 bits per heavy atom. The molecule has 28 heavy (non-hydrogen) atoms. The lowest BCUT2D eigenvalue weighted by Crippen LogP contribution is -2.24. The van der Waals surface area contributed by atoms with Crippen molar-refractivity contribution >= 4 is 45.6 Å². The van der Waals surface area contributed by atoms with Crippen LogP contribution in [0, 0.1) is 6.92 Å². The lowest BCUT2D eigenvalue weighted by atomic mass is 10.2. The second kappa shape index (κ2) is 9.48. The number of carbonyl (C=O) groups is 1. The molecule has 0 aliphatic rings. The lowest BCUT2D eigenvalue weighted by Gasteiger charge is -2.08. The smallest absolute Gasteiger partial charge is 0.339 e. The summed E-state index contributed by atoms with van der Waals surface area (Å²) in [5.41, 5.74) is 4.15. The average Bonchev–Trinajstić information content (AvgIpc) is 3.03. The largest absolute Gasteiger partial charge is 0.495 e. The number of aryl methyl sites for hydroxylation is 1. The minimum Gasteiger partial charge on any atom is -0.495 e. The van der Waals surface area contributed by atoms with Gasteiger partial charge in [-0.25, -0.2) is 10.2 Å². The number of ether oxygens (including phenoxy) is 1. The van der Waals surface area contributed by atoms with Crippen LogP contribution in [0.2, 0.25) is 0 Å². The first kappa shape index (κ1) is 20.0. The first-order chi connectivity index (χ1) is 13.5. The van der Waals surface area contributed by atoms with Crippen molar-refractivity contribution < 1.29 is 13.9 Å². The summed E-state index contributed by atoms with van der Waals surface area (Å²) in [6.45, 7) is 2.04. The zero-order valence-corrected chi connectivity index (χ0v) is 17.6. The van der Waals surface area contributed by atoms with Crippen molar-refractivity contribution in [2.24, 2.45) is 5.10 Å². The summed E-state index contributed by atoms with van der Waals surface area (Å²) in [6, 6.07) is 16.6. The molecule has 1 heterocycles. The Bertz CT molecular complexity index is 987. The molecule has 6 nitrogen and oxygen atoms in total. The average molecular weight is 460 g/mol. The number of nitrogens with one attached hydrogen (secondary N) is 2. The van der Waals surface area contributed by atoms with E-state index in [-0.39, 0.29) is 0 Å². The van der Waals surface area contributed by atoms with Gasteiger partial charge in [0.15, 0.2) is 5.09 Å². The van der Waals surface area contributed by atoms with E-state index >= 15 is 0 Å². The molecule has 0 spiro atoms. The predicted octanol–water partition coefficient (Wildman–Crippen LogP) is 5.67. The lowest BCUT2D eigenvalue weighted by molar-refractivity contribution is 0.252.